The summed E-state index contributed by atoms with van der Waals surface area (Å²) in [4.78, 5) is 11.1. The Morgan fingerprint density at radius 3 is 2.43 bits per heavy atom. The van der Waals surface area contributed by atoms with E-state index in [4.69, 9.17) is 0 Å². The topological polar surface area (TPSA) is 41.1 Å². The minimum absolute atomic E-state index is 0.382. The van der Waals surface area contributed by atoms with Gasteiger partial charge in [0.1, 0.15) is 6.54 Å². The highest BCUT2D eigenvalue weighted by Gasteiger charge is 2.28. The van der Waals surface area contributed by atoms with Gasteiger partial charge in [0.15, 0.2) is 0 Å². The zero-order valence-electron chi connectivity index (χ0n) is 7.66. The molecule has 6 heteroatoms. The number of halogens is 3. The lowest BCUT2D eigenvalue weighted by Gasteiger charge is -2.21. The lowest BCUT2D eigenvalue weighted by atomic mass is 10.0. The number of alkyl halides is 3. The van der Waals surface area contributed by atoms with Crippen LogP contribution >= 0.6 is 0 Å². The molecule has 1 saturated heterocycles. The molecule has 0 atom stereocenters. The molecular weight excluding hydrogens is 197 g/mol. The van der Waals surface area contributed by atoms with Crippen molar-refractivity contribution in [3.05, 3.63) is 11.1 Å². The number of hydrogen-bond donors (Lipinski definition) is 2. The summed E-state index contributed by atoms with van der Waals surface area (Å²) in [5, 5.41) is 4.73. The van der Waals surface area contributed by atoms with Crippen LogP contribution in [0.25, 0.3) is 0 Å². The van der Waals surface area contributed by atoms with Crippen molar-refractivity contribution in [3.8, 4) is 0 Å². The molecular formula is C8H11F3N2O. The van der Waals surface area contributed by atoms with E-state index in [1.807, 2.05) is 5.32 Å². The van der Waals surface area contributed by atoms with Gasteiger partial charge >= 0.3 is 6.18 Å². The molecule has 0 spiro atoms. The van der Waals surface area contributed by atoms with Crippen LogP contribution in [-0.4, -0.2) is 31.7 Å². The zero-order chi connectivity index (χ0) is 10.8. The fourth-order valence-electron chi connectivity index (χ4n) is 0.989. The monoisotopic (exact) mass is 208 g/mol. The van der Waals surface area contributed by atoms with Gasteiger partial charge in [-0.05, 0) is 12.5 Å². The number of nitrogens with one attached hydrogen (secondary N) is 2. The second-order valence-corrected chi connectivity index (χ2v) is 3.13. The Morgan fingerprint density at radius 2 is 2.07 bits per heavy atom. The van der Waals surface area contributed by atoms with Crippen LogP contribution in [0.2, 0.25) is 0 Å². The van der Waals surface area contributed by atoms with E-state index < -0.39 is 18.6 Å². The maximum absolute atomic E-state index is 11.7. The second kappa shape index (κ2) is 4.00. The molecule has 3 nitrogen and oxygen atoms in total. The van der Waals surface area contributed by atoms with Gasteiger partial charge in [-0.1, -0.05) is 0 Å². The van der Waals surface area contributed by atoms with Gasteiger partial charge in [-0.3, -0.25) is 4.79 Å². The Morgan fingerprint density at radius 1 is 1.50 bits per heavy atom. The summed E-state index contributed by atoms with van der Waals surface area (Å²) in [5.41, 5.74) is 1.25. The molecule has 1 aliphatic rings. The van der Waals surface area contributed by atoms with E-state index in [1.165, 1.54) is 6.92 Å². The predicted molar refractivity (Wildman–Crippen MR) is 44.6 cm³/mol. The van der Waals surface area contributed by atoms with Crippen LogP contribution in [0, 0.1) is 0 Å². The minimum atomic E-state index is -4.35. The van der Waals surface area contributed by atoms with Crippen molar-refractivity contribution in [2.24, 2.45) is 0 Å². The fourth-order valence-corrected chi connectivity index (χ4v) is 0.989. The van der Waals surface area contributed by atoms with Gasteiger partial charge in [-0.25, -0.2) is 0 Å². The van der Waals surface area contributed by atoms with E-state index in [2.05, 4.69) is 5.32 Å². The van der Waals surface area contributed by atoms with Crippen LogP contribution in [-0.2, 0) is 4.79 Å². The summed E-state index contributed by atoms with van der Waals surface area (Å²) in [7, 11) is 0. The number of amides is 1. The predicted octanol–water partition coefficient (Wildman–Crippen LogP) is 0.585. The van der Waals surface area contributed by atoms with Crippen molar-refractivity contribution in [2.45, 2.75) is 13.1 Å². The molecule has 1 fully saturated rings. The Labute approximate surface area is 79.4 Å². The first kappa shape index (κ1) is 11.0. The Hall–Kier alpha value is -1.04. The third-order valence-electron chi connectivity index (χ3n) is 2.00. The van der Waals surface area contributed by atoms with Crippen LogP contribution in [0.4, 0.5) is 13.2 Å². The van der Waals surface area contributed by atoms with Gasteiger partial charge in [0.2, 0.25) is 5.91 Å². The standard InChI is InChI=1S/C8H11F3N2O/c1-5(6-2-12-3-6)7(14)13-4-8(9,10)11/h12H,2-4H2,1H3,(H,13,14). The number of carbonyl (C=O) groups excluding carboxylic acids is 1. The van der Waals surface area contributed by atoms with Crippen molar-refractivity contribution in [1.29, 1.82) is 0 Å². The first-order chi connectivity index (χ1) is 6.40. The van der Waals surface area contributed by atoms with Gasteiger partial charge in [0.25, 0.3) is 0 Å². The normalized spacial score (nSPS) is 16.1. The van der Waals surface area contributed by atoms with Crippen LogP contribution in [0.1, 0.15) is 6.92 Å². The summed E-state index contributed by atoms with van der Waals surface area (Å²) >= 11 is 0. The Balaban J connectivity index is 2.43. The second-order valence-electron chi connectivity index (χ2n) is 3.13. The first-order valence-corrected chi connectivity index (χ1v) is 4.14. The van der Waals surface area contributed by atoms with Crippen molar-refractivity contribution >= 4 is 5.91 Å². The molecule has 80 valence electrons. The maximum Gasteiger partial charge on any atom is 0.405 e. The lowest BCUT2D eigenvalue weighted by molar-refractivity contribution is -0.136. The van der Waals surface area contributed by atoms with Crippen molar-refractivity contribution in [1.82, 2.24) is 10.6 Å². The van der Waals surface area contributed by atoms with Gasteiger partial charge in [-0.2, -0.15) is 13.2 Å². The Kier molecular flexibility index (Phi) is 3.15. The van der Waals surface area contributed by atoms with Gasteiger partial charge < -0.3 is 10.6 Å². The highest BCUT2D eigenvalue weighted by Crippen LogP contribution is 2.13. The summed E-state index contributed by atoms with van der Waals surface area (Å²) < 4.78 is 35.2. The maximum atomic E-state index is 11.7. The van der Waals surface area contributed by atoms with Gasteiger partial charge in [0.05, 0.1) is 0 Å². The van der Waals surface area contributed by atoms with Crippen LogP contribution in [0.5, 0.6) is 0 Å². The quantitative estimate of drug-likeness (QED) is 0.652. The van der Waals surface area contributed by atoms with Crippen LogP contribution in [0.15, 0.2) is 11.1 Å². The van der Waals surface area contributed by atoms with Crippen molar-refractivity contribution in [3.63, 3.8) is 0 Å². The highest BCUT2D eigenvalue weighted by molar-refractivity contribution is 5.93. The molecule has 1 heterocycles. The van der Waals surface area contributed by atoms with Gasteiger partial charge in [0, 0.05) is 18.7 Å². The molecule has 0 saturated carbocycles. The van der Waals surface area contributed by atoms with E-state index in [-0.39, 0.29) is 0 Å². The van der Waals surface area contributed by atoms with Crippen LogP contribution in [0.3, 0.4) is 0 Å². The van der Waals surface area contributed by atoms with E-state index in [9.17, 15) is 18.0 Å². The third kappa shape index (κ3) is 3.02. The largest absolute Gasteiger partial charge is 0.405 e. The van der Waals surface area contributed by atoms with Crippen molar-refractivity contribution in [2.75, 3.05) is 19.6 Å². The van der Waals surface area contributed by atoms with Gasteiger partial charge in [-0.15, -0.1) is 0 Å². The minimum Gasteiger partial charge on any atom is -0.343 e. The average molecular weight is 208 g/mol. The van der Waals surface area contributed by atoms with E-state index in [1.54, 1.807) is 0 Å². The lowest BCUT2D eigenvalue weighted by Crippen LogP contribution is -2.39. The molecule has 0 aliphatic carbocycles. The summed E-state index contributed by atoms with van der Waals surface area (Å²) in [6.45, 7) is 1.43. The molecule has 14 heavy (non-hydrogen) atoms. The Bertz CT molecular complexity index is 264. The molecule has 0 radical (unpaired) electrons. The number of rotatable bonds is 2. The smallest absolute Gasteiger partial charge is 0.343 e. The molecule has 0 unspecified atom stereocenters. The SMILES string of the molecule is CC(C(=O)NCC(F)(F)F)=C1CNC1. The molecule has 0 bridgehead atoms. The van der Waals surface area contributed by atoms with E-state index >= 15 is 0 Å². The molecule has 0 aromatic heterocycles. The zero-order valence-corrected chi connectivity index (χ0v) is 7.66. The summed E-state index contributed by atoms with van der Waals surface area (Å²) in [6.07, 6.45) is -4.35. The molecule has 1 aliphatic heterocycles. The van der Waals surface area contributed by atoms with Crippen molar-refractivity contribution < 1.29 is 18.0 Å². The first-order valence-electron chi connectivity index (χ1n) is 4.14. The highest BCUT2D eigenvalue weighted by atomic mass is 19.4. The summed E-state index contributed by atoms with van der Waals surface area (Å²) in [5.74, 6) is -0.640. The van der Waals surface area contributed by atoms with E-state index in [0.29, 0.717) is 18.7 Å². The molecule has 0 aromatic carbocycles. The molecule has 0 aromatic rings. The summed E-state index contributed by atoms with van der Waals surface area (Å²) in [6, 6.07) is 0. The van der Waals surface area contributed by atoms with E-state index in [0.717, 1.165) is 5.57 Å². The number of carbonyl (C=O) groups is 1. The molecule has 1 rings (SSSR count). The third-order valence-corrected chi connectivity index (χ3v) is 2.00. The van der Waals surface area contributed by atoms with Crippen LogP contribution < -0.4 is 10.6 Å². The average Bonchev–Trinajstić information content (AvgIpc) is 1.95. The number of hydrogen-bond acceptors (Lipinski definition) is 2. The fraction of sp³-hybridized carbons (Fsp3) is 0.625. The molecule has 1 amide bonds. The molecule has 2 N–H and O–H groups in total.